The minimum atomic E-state index is 0.730. The van der Waals surface area contributed by atoms with Crippen LogP contribution in [-0.2, 0) is 0 Å². The normalized spacial score (nSPS) is 11.7. The lowest BCUT2D eigenvalue weighted by atomic mass is 10.1. The Bertz CT molecular complexity index is 1030. The summed E-state index contributed by atoms with van der Waals surface area (Å²) in [5.74, 6) is 0.730. The standard InChI is InChI=1S/C17H15N5S/c1-10-7-13-16(18-9-19-17(13)23-10)22-20-8-14-11(2)21-15-6-4-3-5-12(14)15/h3-9,21H,1-2H3,(H,18,19,22). The number of aromatic amines is 1. The van der Waals surface area contributed by atoms with Crippen molar-refractivity contribution in [3.63, 3.8) is 0 Å². The summed E-state index contributed by atoms with van der Waals surface area (Å²) in [4.78, 5) is 14.1. The molecule has 0 spiro atoms. The highest BCUT2D eigenvalue weighted by Gasteiger charge is 2.07. The average Bonchev–Trinajstić information content (AvgIpc) is 3.07. The lowest BCUT2D eigenvalue weighted by Crippen LogP contribution is -1.95. The fraction of sp³-hybridized carbons (Fsp3) is 0.118. The van der Waals surface area contributed by atoms with Crippen molar-refractivity contribution in [2.24, 2.45) is 5.10 Å². The third-order valence-electron chi connectivity index (χ3n) is 3.76. The molecular weight excluding hydrogens is 306 g/mol. The van der Waals surface area contributed by atoms with Gasteiger partial charge in [0.05, 0.1) is 11.6 Å². The fourth-order valence-corrected chi connectivity index (χ4v) is 3.53. The topological polar surface area (TPSA) is 66.0 Å². The molecule has 0 atom stereocenters. The van der Waals surface area contributed by atoms with E-state index in [4.69, 9.17) is 0 Å². The quantitative estimate of drug-likeness (QED) is 0.438. The van der Waals surface area contributed by atoms with Crippen LogP contribution in [0.4, 0.5) is 5.82 Å². The van der Waals surface area contributed by atoms with Crippen LogP contribution in [-0.4, -0.2) is 21.2 Å². The predicted molar refractivity (Wildman–Crippen MR) is 96.4 cm³/mol. The van der Waals surface area contributed by atoms with E-state index in [9.17, 15) is 0 Å². The van der Waals surface area contributed by atoms with E-state index >= 15 is 0 Å². The van der Waals surface area contributed by atoms with Gasteiger partial charge in [-0.05, 0) is 26.0 Å². The number of hydrazone groups is 1. The maximum atomic E-state index is 4.37. The van der Waals surface area contributed by atoms with Gasteiger partial charge in [-0.3, -0.25) is 5.43 Å². The zero-order valence-electron chi connectivity index (χ0n) is 12.8. The minimum absolute atomic E-state index is 0.730. The van der Waals surface area contributed by atoms with Crippen LogP contribution < -0.4 is 5.43 Å². The first-order valence-electron chi connectivity index (χ1n) is 7.30. The number of nitrogens with one attached hydrogen (secondary N) is 2. The van der Waals surface area contributed by atoms with Gasteiger partial charge in [-0.2, -0.15) is 5.10 Å². The molecule has 23 heavy (non-hydrogen) atoms. The molecule has 4 rings (SSSR count). The van der Waals surface area contributed by atoms with Crippen molar-refractivity contribution in [2.45, 2.75) is 13.8 Å². The highest BCUT2D eigenvalue weighted by atomic mass is 32.1. The summed E-state index contributed by atoms with van der Waals surface area (Å²) in [6, 6.07) is 10.3. The molecule has 114 valence electrons. The van der Waals surface area contributed by atoms with Crippen molar-refractivity contribution in [2.75, 3.05) is 5.43 Å². The molecule has 0 saturated heterocycles. The average molecular weight is 321 g/mol. The van der Waals surface area contributed by atoms with Crippen LogP contribution in [0.3, 0.4) is 0 Å². The van der Waals surface area contributed by atoms with Gasteiger partial charge in [0.15, 0.2) is 5.82 Å². The van der Waals surface area contributed by atoms with Crippen molar-refractivity contribution in [1.29, 1.82) is 0 Å². The number of aryl methyl sites for hydroxylation is 2. The number of hydrogen-bond acceptors (Lipinski definition) is 5. The maximum absolute atomic E-state index is 4.37. The molecular formula is C17H15N5S. The van der Waals surface area contributed by atoms with Crippen molar-refractivity contribution in [3.8, 4) is 0 Å². The Morgan fingerprint density at radius 3 is 2.96 bits per heavy atom. The predicted octanol–water partition coefficient (Wildman–Crippen LogP) is 4.24. The zero-order valence-corrected chi connectivity index (χ0v) is 13.6. The van der Waals surface area contributed by atoms with E-state index in [1.54, 1.807) is 17.7 Å². The van der Waals surface area contributed by atoms with Gasteiger partial charge in [-0.25, -0.2) is 9.97 Å². The summed E-state index contributed by atoms with van der Waals surface area (Å²) >= 11 is 1.65. The van der Waals surface area contributed by atoms with Crippen molar-refractivity contribution in [1.82, 2.24) is 15.0 Å². The second-order valence-corrected chi connectivity index (χ2v) is 6.61. The third kappa shape index (κ3) is 2.47. The Kier molecular flexibility index (Phi) is 3.31. The number of hydrogen-bond donors (Lipinski definition) is 2. The fourth-order valence-electron chi connectivity index (χ4n) is 2.69. The lowest BCUT2D eigenvalue weighted by Gasteiger charge is -2.00. The zero-order chi connectivity index (χ0) is 15.8. The number of aromatic nitrogens is 3. The van der Waals surface area contributed by atoms with Gasteiger partial charge in [-0.1, -0.05) is 18.2 Å². The maximum Gasteiger partial charge on any atom is 0.158 e. The molecule has 0 fully saturated rings. The number of rotatable bonds is 3. The van der Waals surface area contributed by atoms with Crippen LogP contribution in [0, 0.1) is 13.8 Å². The molecule has 0 aliphatic heterocycles. The van der Waals surface area contributed by atoms with E-state index in [1.807, 2.05) is 25.3 Å². The minimum Gasteiger partial charge on any atom is -0.358 e. The van der Waals surface area contributed by atoms with E-state index in [0.717, 1.165) is 38.2 Å². The molecule has 3 heterocycles. The molecule has 0 unspecified atom stereocenters. The Morgan fingerprint density at radius 1 is 1.17 bits per heavy atom. The van der Waals surface area contributed by atoms with Gasteiger partial charge in [-0.15, -0.1) is 11.3 Å². The highest BCUT2D eigenvalue weighted by molar-refractivity contribution is 7.18. The van der Waals surface area contributed by atoms with Crippen molar-refractivity contribution >= 4 is 44.5 Å². The smallest absolute Gasteiger partial charge is 0.158 e. The number of fused-ring (bicyclic) bond motifs is 2. The van der Waals surface area contributed by atoms with Crippen LogP contribution >= 0.6 is 11.3 Å². The van der Waals surface area contributed by atoms with Gasteiger partial charge in [0.2, 0.25) is 0 Å². The monoisotopic (exact) mass is 321 g/mol. The summed E-state index contributed by atoms with van der Waals surface area (Å²) in [5.41, 5.74) is 6.33. The van der Waals surface area contributed by atoms with Crippen molar-refractivity contribution < 1.29 is 0 Å². The van der Waals surface area contributed by atoms with Crippen LogP contribution in [0.1, 0.15) is 16.1 Å². The van der Waals surface area contributed by atoms with Gasteiger partial charge >= 0.3 is 0 Å². The molecule has 6 heteroatoms. The Morgan fingerprint density at radius 2 is 2.04 bits per heavy atom. The number of nitrogens with zero attached hydrogens (tertiary/aromatic N) is 3. The summed E-state index contributed by atoms with van der Waals surface area (Å²) in [6.45, 7) is 4.11. The molecule has 0 aliphatic carbocycles. The second-order valence-electron chi connectivity index (χ2n) is 5.38. The number of para-hydroxylation sites is 1. The molecule has 0 radical (unpaired) electrons. The molecule has 4 aromatic rings. The molecule has 2 N–H and O–H groups in total. The van der Waals surface area contributed by atoms with Gasteiger partial charge in [0.1, 0.15) is 11.2 Å². The van der Waals surface area contributed by atoms with Gasteiger partial charge in [0.25, 0.3) is 0 Å². The van der Waals surface area contributed by atoms with E-state index < -0.39 is 0 Å². The van der Waals surface area contributed by atoms with Crippen molar-refractivity contribution in [3.05, 3.63) is 52.8 Å². The molecule has 0 saturated carbocycles. The summed E-state index contributed by atoms with van der Waals surface area (Å²) < 4.78 is 0. The van der Waals surface area contributed by atoms with Crippen LogP contribution in [0.15, 0.2) is 41.8 Å². The van der Waals surface area contributed by atoms with E-state index in [2.05, 4.69) is 50.6 Å². The van der Waals surface area contributed by atoms with Crippen LogP contribution in [0.2, 0.25) is 0 Å². The number of thiophene rings is 1. The molecule has 1 aromatic carbocycles. The third-order valence-corrected chi connectivity index (χ3v) is 4.72. The molecule has 0 amide bonds. The van der Waals surface area contributed by atoms with E-state index in [1.165, 1.54) is 4.88 Å². The number of benzene rings is 1. The summed E-state index contributed by atoms with van der Waals surface area (Å²) in [7, 11) is 0. The molecule has 0 aliphatic rings. The Balaban J connectivity index is 1.67. The Labute approximate surface area is 137 Å². The van der Waals surface area contributed by atoms with E-state index in [0.29, 0.717) is 0 Å². The van der Waals surface area contributed by atoms with E-state index in [-0.39, 0.29) is 0 Å². The molecule has 5 nitrogen and oxygen atoms in total. The largest absolute Gasteiger partial charge is 0.358 e. The number of anilines is 1. The molecule has 0 bridgehead atoms. The molecule has 3 aromatic heterocycles. The summed E-state index contributed by atoms with van der Waals surface area (Å²) in [6.07, 6.45) is 3.40. The first kappa shape index (κ1) is 13.9. The number of H-pyrrole nitrogens is 1. The second kappa shape index (κ2) is 5.48. The van der Waals surface area contributed by atoms with Crippen LogP contribution in [0.5, 0.6) is 0 Å². The SMILES string of the molecule is Cc1cc2c(NN=Cc3c(C)[nH]c4ccccc34)ncnc2s1. The Hall–Kier alpha value is -2.73. The van der Waals surface area contributed by atoms with Gasteiger partial charge in [0, 0.05) is 27.0 Å². The highest BCUT2D eigenvalue weighted by Crippen LogP contribution is 2.27. The first-order valence-corrected chi connectivity index (χ1v) is 8.11. The first-order chi connectivity index (χ1) is 11.2. The van der Waals surface area contributed by atoms with Gasteiger partial charge < -0.3 is 4.98 Å². The lowest BCUT2D eigenvalue weighted by molar-refractivity contribution is 1.19. The summed E-state index contributed by atoms with van der Waals surface area (Å²) in [5, 5.41) is 6.54. The van der Waals surface area contributed by atoms with Crippen LogP contribution in [0.25, 0.3) is 21.1 Å².